The smallest absolute Gasteiger partial charge is 0.301 e. The first-order chi connectivity index (χ1) is 19.5. The molecule has 0 radical (unpaired) electrons. The number of nitrogens with zero attached hydrogens (tertiary/aromatic N) is 4. The Morgan fingerprint density at radius 2 is 1.88 bits per heavy atom. The molecule has 1 amide bonds. The van der Waals surface area contributed by atoms with Gasteiger partial charge in [-0.1, -0.05) is 72.3 Å². The van der Waals surface area contributed by atoms with Crippen molar-refractivity contribution in [3.8, 4) is 5.75 Å². The summed E-state index contributed by atoms with van der Waals surface area (Å²) in [6, 6.07) is 17.0. The molecule has 2 aromatic carbocycles. The van der Waals surface area contributed by atoms with E-state index in [2.05, 4.69) is 22.1 Å². The monoisotopic (exact) mass is 592 g/mol. The van der Waals surface area contributed by atoms with Crippen molar-refractivity contribution in [1.29, 1.82) is 0 Å². The molecule has 0 saturated carbocycles. The van der Waals surface area contributed by atoms with Crippen molar-refractivity contribution in [2.45, 2.75) is 35.9 Å². The number of hydrogen-bond donors (Lipinski definition) is 1. The molecule has 0 aliphatic carbocycles. The Kier molecular flexibility index (Phi) is 8.78. The number of aliphatic hydroxyl groups is 1. The highest BCUT2D eigenvalue weighted by Crippen LogP contribution is 2.44. The van der Waals surface area contributed by atoms with Crippen LogP contribution < -0.4 is 9.64 Å². The van der Waals surface area contributed by atoms with Gasteiger partial charge >= 0.3 is 5.91 Å². The second-order valence-corrected chi connectivity index (χ2v) is 11.6. The van der Waals surface area contributed by atoms with Crippen LogP contribution in [-0.4, -0.2) is 38.6 Å². The van der Waals surface area contributed by atoms with E-state index in [-0.39, 0.29) is 16.5 Å². The molecule has 5 rings (SSSR count). The Morgan fingerprint density at radius 3 is 2.62 bits per heavy atom. The molecule has 40 heavy (non-hydrogen) atoms. The zero-order chi connectivity index (χ0) is 28.1. The number of ketones is 1. The Bertz CT molecular complexity index is 1540. The second-order valence-electron chi connectivity index (χ2n) is 8.95. The second kappa shape index (κ2) is 12.6. The van der Waals surface area contributed by atoms with E-state index < -0.39 is 17.7 Å². The number of carbonyl (C=O) groups is 2. The number of pyridine rings is 1. The zero-order valence-electron chi connectivity index (χ0n) is 21.5. The van der Waals surface area contributed by atoms with Gasteiger partial charge in [0.05, 0.1) is 18.2 Å². The Labute approximate surface area is 244 Å². The number of anilines is 1. The van der Waals surface area contributed by atoms with Gasteiger partial charge in [0, 0.05) is 28.7 Å². The molecule has 0 bridgehead atoms. The summed E-state index contributed by atoms with van der Waals surface area (Å²) >= 11 is 8.66. The number of Topliss-reactive ketones (excluding diaryl/α,β-unsaturated/α-hetero) is 1. The van der Waals surface area contributed by atoms with E-state index >= 15 is 0 Å². The standard InChI is InChI=1S/C29H25ClN4O4S2/c1-2-3-15-38-22-6-4-5-20(16-22)24-23(25(35)19-11-13-31-14-12-19)26(36)27(37)34(24)28-32-33-29(40-28)39-17-18-7-9-21(30)10-8-18/h4-14,16,24,35H,2-3,15,17H2,1H3/b25-23+. The maximum Gasteiger partial charge on any atom is 0.301 e. The maximum absolute atomic E-state index is 13.5. The van der Waals surface area contributed by atoms with Crippen LogP contribution in [-0.2, 0) is 15.3 Å². The number of amides is 1. The number of thioether (sulfide) groups is 1. The van der Waals surface area contributed by atoms with E-state index in [4.69, 9.17) is 16.3 Å². The Balaban J connectivity index is 1.52. The number of unbranched alkanes of at least 4 members (excludes halogenated alkanes) is 1. The van der Waals surface area contributed by atoms with E-state index in [0.717, 1.165) is 18.4 Å². The van der Waals surface area contributed by atoms with Gasteiger partial charge in [-0.25, -0.2) is 0 Å². The first-order valence-electron chi connectivity index (χ1n) is 12.6. The minimum atomic E-state index is -0.926. The van der Waals surface area contributed by atoms with E-state index in [1.54, 1.807) is 30.3 Å². The van der Waals surface area contributed by atoms with Crippen LogP contribution in [0.15, 0.2) is 83.0 Å². The van der Waals surface area contributed by atoms with Crippen molar-refractivity contribution in [2.75, 3.05) is 11.5 Å². The molecule has 8 nitrogen and oxygen atoms in total. The minimum absolute atomic E-state index is 0.0347. The van der Waals surface area contributed by atoms with Gasteiger partial charge in [-0.15, -0.1) is 10.2 Å². The molecule has 204 valence electrons. The molecular weight excluding hydrogens is 568 g/mol. The number of halogens is 1. The SMILES string of the molecule is CCCCOc1cccc(C2/C(=C(\O)c3ccncc3)C(=O)C(=O)N2c2nnc(SCc3ccc(Cl)cc3)s2)c1. The van der Waals surface area contributed by atoms with E-state index in [0.29, 0.717) is 38.6 Å². The van der Waals surface area contributed by atoms with Gasteiger partial charge in [-0.3, -0.25) is 19.5 Å². The normalized spacial score (nSPS) is 16.4. The van der Waals surface area contributed by atoms with Gasteiger partial charge in [-0.2, -0.15) is 0 Å². The first kappa shape index (κ1) is 27.8. The number of rotatable bonds is 10. The van der Waals surface area contributed by atoms with Crippen LogP contribution in [0.25, 0.3) is 5.76 Å². The average Bonchev–Trinajstić information content (AvgIpc) is 3.55. The quantitative estimate of drug-likeness (QED) is 0.0542. The molecule has 1 unspecified atom stereocenters. The average molecular weight is 593 g/mol. The lowest BCUT2D eigenvalue weighted by atomic mass is 9.95. The summed E-state index contributed by atoms with van der Waals surface area (Å²) in [4.78, 5) is 32.2. The molecule has 0 spiro atoms. The fourth-order valence-corrected chi connectivity index (χ4v) is 6.15. The molecule has 1 N–H and O–H groups in total. The van der Waals surface area contributed by atoms with Gasteiger partial charge in [0.1, 0.15) is 11.5 Å². The third-order valence-corrected chi connectivity index (χ3v) is 8.60. The van der Waals surface area contributed by atoms with E-state index in [1.165, 1.54) is 40.4 Å². The van der Waals surface area contributed by atoms with Crippen molar-refractivity contribution in [1.82, 2.24) is 15.2 Å². The van der Waals surface area contributed by atoms with Crippen LogP contribution in [0.5, 0.6) is 5.75 Å². The molecule has 3 heterocycles. The highest BCUT2D eigenvalue weighted by atomic mass is 35.5. The summed E-state index contributed by atoms with van der Waals surface area (Å²) in [5.41, 5.74) is 2.01. The minimum Gasteiger partial charge on any atom is -0.507 e. The molecule has 1 fully saturated rings. The Hall–Kier alpha value is -3.73. The summed E-state index contributed by atoms with van der Waals surface area (Å²) in [7, 11) is 0. The predicted molar refractivity (Wildman–Crippen MR) is 157 cm³/mol. The van der Waals surface area contributed by atoms with Crippen LogP contribution >= 0.6 is 34.7 Å². The fraction of sp³-hybridized carbons (Fsp3) is 0.207. The highest BCUT2D eigenvalue weighted by molar-refractivity contribution is 8.00. The van der Waals surface area contributed by atoms with Gasteiger partial charge < -0.3 is 9.84 Å². The fourth-order valence-electron chi connectivity index (χ4n) is 4.20. The van der Waals surface area contributed by atoms with Crippen molar-refractivity contribution >= 4 is 57.3 Å². The topological polar surface area (TPSA) is 106 Å². The molecule has 11 heteroatoms. The molecule has 4 aromatic rings. The third-order valence-electron chi connectivity index (χ3n) is 6.22. The molecule has 1 aliphatic heterocycles. The zero-order valence-corrected chi connectivity index (χ0v) is 23.9. The maximum atomic E-state index is 13.5. The Morgan fingerprint density at radius 1 is 1.10 bits per heavy atom. The van der Waals surface area contributed by atoms with E-state index in [9.17, 15) is 14.7 Å². The van der Waals surface area contributed by atoms with Crippen LogP contribution in [0.4, 0.5) is 5.13 Å². The summed E-state index contributed by atoms with van der Waals surface area (Å²) in [5, 5.41) is 20.7. The molecular formula is C29H25ClN4O4S2. The van der Waals surface area contributed by atoms with Crippen LogP contribution in [0.3, 0.4) is 0 Å². The summed E-state index contributed by atoms with van der Waals surface area (Å²) in [6.45, 7) is 2.62. The summed E-state index contributed by atoms with van der Waals surface area (Å²) < 4.78 is 6.53. The van der Waals surface area contributed by atoms with Crippen molar-refractivity contribution in [2.24, 2.45) is 0 Å². The first-order valence-corrected chi connectivity index (χ1v) is 14.8. The van der Waals surface area contributed by atoms with Crippen LogP contribution in [0.1, 0.15) is 42.5 Å². The van der Waals surface area contributed by atoms with Crippen molar-refractivity contribution in [3.63, 3.8) is 0 Å². The van der Waals surface area contributed by atoms with Gasteiger partial charge in [-0.05, 0) is 53.9 Å². The lowest BCUT2D eigenvalue weighted by molar-refractivity contribution is -0.132. The van der Waals surface area contributed by atoms with Crippen molar-refractivity contribution in [3.05, 3.63) is 100 Å². The number of aliphatic hydroxyl groups excluding tert-OH is 1. The van der Waals surface area contributed by atoms with Crippen LogP contribution in [0.2, 0.25) is 5.02 Å². The largest absolute Gasteiger partial charge is 0.507 e. The van der Waals surface area contributed by atoms with Gasteiger partial charge in [0.2, 0.25) is 5.13 Å². The summed E-state index contributed by atoms with van der Waals surface area (Å²) in [6.07, 6.45) is 4.90. The highest BCUT2D eigenvalue weighted by Gasteiger charge is 2.48. The van der Waals surface area contributed by atoms with Crippen molar-refractivity contribution < 1.29 is 19.4 Å². The van der Waals surface area contributed by atoms with Gasteiger partial charge in [0.15, 0.2) is 4.34 Å². The summed E-state index contributed by atoms with van der Waals surface area (Å²) in [5.74, 6) is -0.637. The lowest BCUT2D eigenvalue weighted by Gasteiger charge is -2.23. The number of ether oxygens (including phenoxy) is 1. The third kappa shape index (κ3) is 6.04. The molecule has 1 atom stereocenters. The number of hydrogen-bond acceptors (Lipinski definition) is 9. The lowest BCUT2D eigenvalue weighted by Crippen LogP contribution is -2.29. The number of benzene rings is 2. The number of aromatic nitrogens is 3. The van der Waals surface area contributed by atoms with E-state index in [1.807, 2.05) is 30.3 Å². The predicted octanol–water partition coefficient (Wildman–Crippen LogP) is 6.68. The van der Waals surface area contributed by atoms with Gasteiger partial charge in [0.25, 0.3) is 5.78 Å². The molecule has 1 aliphatic rings. The van der Waals surface area contributed by atoms with Crippen LogP contribution in [0, 0.1) is 0 Å². The number of carbonyl (C=O) groups excluding carboxylic acids is 2. The molecule has 2 aromatic heterocycles. The molecule has 1 saturated heterocycles.